The Morgan fingerprint density at radius 1 is 1.67 bits per heavy atom. The molecule has 0 N–H and O–H groups in total. The maximum Gasteiger partial charge on any atom is 0.287 e. The van der Waals surface area contributed by atoms with Gasteiger partial charge in [0, 0.05) is 6.07 Å². The van der Waals surface area contributed by atoms with Crippen molar-refractivity contribution in [1.29, 1.82) is 0 Å². The van der Waals surface area contributed by atoms with E-state index in [2.05, 4.69) is 4.98 Å². The van der Waals surface area contributed by atoms with Crippen molar-refractivity contribution in [3.8, 4) is 0 Å². The van der Waals surface area contributed by atoms with Gasteiger partial charge in [-0.05, 0) is 6.07 Å². The van der Waals surface area contributed by atoms with Gasteiger partial charge in [0.2, 0.25) is 0 Å². The summed E-state index contributed by atoms with van der Waals surface area (Å²) in [6.45, 7) is 0.671. The summed E-state index contributed by atoms with van der Waals surface area (Å²) < 4.78 is 4.96. The molecule has 1 atom stereocenters. The largest absolute Gasteiger partial charge is 0.366 e. The smallest absolute Gasteiger partial charge is 0.287 e. The van der Waals surface area contributed by atoms with Gasteiger partial charge in [-0.25, -0.2) is 0 Å². The minimum atomic E-state index is -0.468. The van der Waals surface area contributed by atoms with Crippen LogP contribution in [-0.4, -0.2) is 16.5 Å². The van der Waals surface area contributed by atoms with Crippen LogP contribution >= 0.6 is 0 Å². The molecule has 62 valence electrons. The van der Waals surface area contributed by atoms with Crippen molar-refractivity contribution in [3.63, 3.8) is 0 Å². The van der Waals surface area contributed by atoms with Crippen LogP contribution < -0.4 is 0 Å². The molecule has 12 heavy (non-hydrogen) atoms. The molecule has 2 heterocycles. The maximum absolute atomic E-state index is 10.2. The van der Waals surface area contributed by atoms with Crippen LogP contribution in [0.3, 0.4) is 0 Å². The highest BCUT2D eigenvalue weighted by atomic mass is 16.6. The van der Waals surface area contributed by atoms with E-state index in [0.29, 0.717) is 6.61 Å². The lowest BCUT2D eigenvalue weighted by atomic mass is 10.3. The van der Waals surface area contributed by atoms with Crippen molar-refractivity contribution >= 4 is 5.69 Å². The Labute approximate surface area is 68.1 Å². The number of aromatic nitrogens is 1. The van der Waals surface area contributed by atoms with E-state index in [4.69, 9.17) is 4.74 Å². The number of nitrogens with zero attached hydrogens (tertiary/aromatic N) is 2. The van der Waals surface area contributed by atoms with Crippen LogP contribution in [0.2, 0.25) is 0 Å². The van der Waals surface area contributed by atoms with Crippen molar-refractivity contribution in [2.45, 2.75) is 6.10 Å². The first-order valence-electron chi connectivity index (χ1n) is 3.49. The maximum atomic E-state index is 10.2. The van der Waals surface area contributed by atoms with Crippen LogP contribution in [0.1, 0.15) is 11.8 Å². The Hall–Kier alpha value is -1.49. The van der Waals surface area contributed by atoms with Crippen LogP contribution in [0, 0.1) is 10.1 Å². The molecular weight excluding hydrogens is 160 g/mol. The number of hydrogen-bond donors (Lipinski definition) is 0. The first kappa shape index (κ1) is 7.17. The fraction of sp³-hybridized carbons (Fsp3) is 0.286. The predicted octanol–water partition coefficient (Wildman–Crippen LogP) is 1.06. The average molecular weight is 166 g/mol. The van der Waals surface area contributed by atoms with E-state index in [1.807, 2.05) is 0 Å². The minimum absolute atomic E-state index is 0.0133. The summed E-state index contributed by atoms with van der Waals surface area (Å²) in [5.74, 6) is 0. The Morgan fingerprint density at radius 3 is 2.83 bits per heavy atom. The predicted molar refractivity (Wildman–Crippen MR) is 39.6 cm³/mol. The topological polar surface area (TPSA) is 68.6 Å². The molecule has 0 radical (unpaired) electrons. The molecule has 0 aromatic carbocycles. The van der Waals surface area contributed by atoms with E-state index in [0.717, 1.165) is 5.69 Å². The van der Waals surface area contributed by atoms with Gasteiger partial charge in [0.1, 0.15) is 12.3 Å². The van der Waals surface area contributed by atoms with Gasteiger partial charge >= 0.3 is 0 Å². The van der Waals surface area contributed by atoms with Crippen molar-refractivity contribution in [2.75, 3.05) is 6.61 Å². The van der Waals surface area contributed by atoms with Gasteiger partial charge in [-0.1, -0.05) is 0 Å². The van der Waals surface area contributed by atoms with Gasteiger partial charge in [-0.3, -0.25) is 15.1 Å². The first-order valence-corrected chi connectivity index (χ1v) is 3.49. The van der Waals surface area contributed by atoms with Gasteiger partial charge in [0.15, 0.2) is 0 Å². The monoisotopic (exact) mass is 166 g/mol. The van der Waals surface area contributed by atoms with Gasteiger partial charge in [0.25, 0.3) is 5.69 Å². The Balaban J connectivity index is 2.24. The summed E-state index contributed by atoms with van der Waals surface area (Å²) in [6.07, 6.45) is 1.31. The zero-order valence-electron chi connectivity index (χ0n) is 6.14. The van der Waals surface area contributed by atoms with Gasteiger partial charge in [-0.2, -0.15) is 0 Å². The van der Waals surface area contributed by atoms with Gasteiger partial charge < -0.3 is 4.74 Å². The summed E-state index contributed by atoms with van der Waals surface area (Å²) >= 11 is 0. The van der Waals surface area contributed by atoms with E-state index in [1.54, 1.807) is 6.07 Å². The molecule has 2 rings (SSSR count). The van der Waals surface area contributed by atoms with Crippen LogP contribution in [0.4, 0.5) is 5.69 Å². The second kappa shape index (κ2) is 2.53. The fourth-order valence-corrected chi connectivity index (χ4v) is 0.915. The lowest BCUT2D eigenvalue weighted by Gasteiger charge is -1.92. The number of ether oxygens (including phenoxy) is 1. The Bertz CT molecular complexity index is 305. The standard InChI is InChI=1S/C7H6N2O3/c10-9(11)5-1-2-6(8-3-5)7-4-12-7/h1-3,7H,4H2/t7-/m0/s1. The molecule has 0 aliphatic carbocycles. The SMILES string of the molecule is O=[N+]([O-])c1ccc([C@@H]2CO2)nc1. The highest BCUT2D eigenvalue weighted by molar-refractivity contribution is 5.28. The fourth-order valence-electron chi connectivity index (χ4n) is 0.915. The molecule has 5 nitrogen and oxygen atoms in total. The normalized spacial score (nSPS) is 20.5. The van der Waals surface area contributed by atoms with Crippen LogP contribution in [0.25, 0.3) is 0 Å². The number of rotatable bonds is 2. The lowest BCUT2D eigenvalue weighted by molar-refractivity contribution is -0.385. The molecule has 5 heteroatoms. The van der Waals surface area contributed by atoms with Crippen molar-refractivity contribution < 1.29 is 9.66 Å². The van der Waals surface area contributed by atoms with E-state index in [-0.39, 0.29) is 11.8 Å². The highest BCUT2D eigenvalue weighted by Crippen LogP contribution is 2.28. The summed E-state index contributed by atoms with van der Waals surface area (Å²) in [6, 6.07) is 3.06. The summed E-state index contributed by atoms with van der Waals surface area (Å²) in [5.41, 5.74) is 0.778. The molecule has 0 saturated carbocycles. The van der Waals surface area contributed by atoms with Crippen molar-refractivity contribution in [1.82, 2.24) is 4.98 Å². The van der Waals surface area contributed by atoms with Gasteiger partial charge in [-0.15, -0.1) is 0 Å². The number of nitro groups is 1. The first-order chi connectivity index (χ1) is 5.77. The summed E-state index contributed by atoms with van der Waals surface area (Å²) in [5, 5.41) is 10.2. The van der Waals surface area contributed by atoms with Crippen molar-refractivity contribution in [2.24, 2.45) is 0 Å². The highest BCUT2D eigenvalue weighted by Gasteiger charge is 2.26. The van der Waals surface area contributed by atoms with E-state index in [9.17, 15) is 10.1 Å². The second-order valence-corrected chi connectivity index (χ2v) is 2.52. The van der Waals surface area contributed by atoms with E-state index < -0.39 is 4.92 Å². The Kier molecular flexibility index (Phi) is 1.51. The third-order valence-corrected chi connectivity index (χ3v) is 1.64. The molecule has 0 unspecified atom stereocenters. The molecular formula is C7H6N2O3. The molecule has 1 aromatic rings. The summed E-state index contributed by atoms with van der Waals surface area (Å²) in [7, 11) is 0. The number of hydrogen-bond acceptors (Lipinski definition) is 4. The van der Waals surface area contributed by atoms with Gasteiger partial charge in [0.05, 0.1) is 17.2 Å². The third-order valence-electron chi connectivity index (χ3n) is 1.64. The number of epoxide rings is 1. The van der Waals surface area contributed by atoms with E-state index >= 15 is 0 Å². The molecule has 1 aliphatic heterocycles. The summed E-state index contributed by atoms with van der Waals surface area (Å²) in [4.78, 5) is 13.7. The second-order valence-electron chi connectivity index (χ2n) is 2.52. The molecule has 1 aromatic heterocycles. The molecule has 1 fully saturated rings. The van der Waals surface area contributed by atoms with Crippen molar-refractivity contribution in [3.05, 3.63) is 34.1 Å². The van der Waals surface area contributed by atoms with Crippen LogP contribution in [0.5, 0.6) is 0 Å². The molecule has 1 aliphatic rings. The minimum Gasteiger partial charge on any atom is -0.366 e. The van der Waals surface area contributed by atoms with E-state index in [1.165, 1.54) is 12.3 Å². The molecule has 0 bridgehead atoms. The molecule has 0 amide bonds. The van der Waals surface area contributed by atoms with Crippen LogP contribution in [-0.2, 0) is 4.74 Å². The zero-order chi connectivity index (χ0) is 8.55. The zero-order valence-corrected chi connectivity index (χ0v) is 6.14. The lowest BCUT2D eigenvalue weighted by Crippen LogP contribution is -1.91. The number of pyridine rings is 1. The quantitative estimate of drug-likeness (QED) is 0.374. The molecule has 0 spiro atoms. The Morgan fingerprint density at radius 2 is 2.42 bits per heavy atom. The third kappa shape index (κ3) is 1.26. The average Bonchev–Trinajstić information content (AvgIpc) is 2.87. The van der Waals surface area contributed by atoms with Crippen LogP contribution in [0.15, 0.2) is 18.3 Å². The molecule has 1 saturated heterocycles.